The minimum Gasteiger partial charge on any atom is -0.494 e. The molecule has 0 unspecified atom stereocenters. The number of piperidine rings is 1. The molecule has 2 aliphatic heterocycles. The summed E-state index contributed by atoms with van der Waals surface area (Å²) >= 11 is 0. The third-order valence-electron chi connectivity index (χ3n) is 8.73. The normalized spacial score (nSPS) is 17.1. The lowest BCUT2D eigenvalue weighted by atomic mass is 10.0. The van der Waals surface area contributed by atoms with Crippen LogP contribution in [0.4, 0.5) is 34.5 Å². The maximum atomic E-state index is 12.3. The van der Waals surface area contributed by atoms with E-state index >= 15 is 0 Å². The molecular weight excluding hydrogens is 578 g/mol. The standard InChI is InChI=1S/C31H41N9O3S/c1-37-17-19-40(20-18-37)22-12-15-39(16-13-22)23-9-10-26(28(21-23)43-3)34-31-35-29-24(11-14-32-29)30(36-31)33-25-7-5-6-8-27(25)38(2)44(4,41)42/h5-11,14,21-22H,12-13,15-20H2,1-4H3,(H3,32,33,34,35,36). The zero-order chi connectivity index (χ0) is 30.8. The van der Waals surface area contributed by atoms with Gasteiger partial charge in [0.1, 0.15) is 17.2 Å². The first-order valence-electron chi connectivity index (χ1n) is 15.0. The monoisotopic (exact) mass is 619 g/mol. The first kappa shape index (κ1) is 30.0. The molecule has 0 aliphatic carbocycles. The van der Waals surface area contributed by atoms with Crippen molar-refractivity contribution in [2.75, 3.05) is 86.6 Å². The summed E-state index contributed by atoms with van der Waals surface area (Å²) in [6, 6.07) is 15.9. The second kappa shape index (κ2) is 12.5. The number of nitrogens with zero attached hydrogens (tertiary/aromatic N) is 6. The highest BCUT2D eigenvalue weighted by atomic mass is 32.2. The van der Waals surface area contributed by atoms with E-state index in [1.807, 2.05) is 24.3 Å². The molecule has 3 N–H and O–H groups in total. The van der Waals surface area contributed by atoms with Crippen molar-refractivity contribution in [3.63, 3.8) is 0 Å². The Morgan fingerprint density at radius 3 is 2.43 bits per heavy atom. The van der Waals surface area contributed by atoms with Crippen LogP contribution >= 0.6 is 0 Å². The zero-order valence-electron chi connectivity index (χ0n) is 25.7. The predicted molar refractivity (Wildman–Crippen MR) is 177 cm³/mol. The third kappa shape index (κ3) is 6.40. The van der Waals surface area contributed by atoms with E-state index in [9.17, 15) is 8.42 Å². The minimum absolute atomic E-state index is 0.371. The second-order valence-corrected chi connectivity index (χ2v) is 13.6. The molecule has 0 radical (unpaired) electrons. The SMILES string of the molecule is COc1cc(N2CCC(N3CCN(C)CC3)CC2)ccc1Nc1nc(Nc2ccccc2N(C)S(C)(=O)=O)c2cc[nH]c2n1. The molecular formula is C31H41N9O3S. The van der Waals surface area contributed by atoms with Gasteiger partial charge in [-0.1, -0.05) is 12.1 Å². The quantitative estimate of drug-likeness (QED) is 0.253. The number of rotatable bonds is 9. The van der Waals surface area contributed by atoms with Crippen LogP contribution < -0.4 is 24.6 Å². The zero-order valence-corrected chi connectivity index (χ0v) is 26.6. The molecule has 2 aromatic heterocycles. The van der Waals surface area contributed by atoms with E-state index in [1.54, 1.807) is 25.4 Å². The number of para-hydroxylation sites is 2. The number of ether oxygens (including phenoxy) is 1. The Morgan fingerprint density at radius 2 is 1.70 bits per heavy atom. The Morgan fingerprint density at radius 1 is 0.955 bits per heavy atom. The van der Waals surface area contributed by atoms with Crippen LogP contribution in [0.5, 0.6) is 5.75 Å². The summed E-state index contributed by atoms with van der Waals surface area (Å²) in [7, 11) is 1.94. The van der Waals surface area contributed by atoms with Crippen LogP contribution in [0.15, 0.2) is 54.7 Å². The fraction of sp³-hybridized carbons (Fsp3) is 0.419. The van der Waals surface area contributed by atoms with Crippen LogP contribution in [0.25, 0.3) is 11.0 Å². The van der Waals surface area contributed by atoms with Crippen molar-refractivity contribution in [1.29, 1.82) is 0 Å². The summed E-state index contributed by atoms with van der Waals surface area (Å²) in [5.74, 6) is 1.61. The molecule has 0 spiro atoms. The number of hydrogen-bond acceptors (Lipinski definition) is 10. The maximum absolute atomic E-state index is 12.3. The van der Waals surface area contributed by atoms with Gasteiger partial charge in [0, 0.05) is 70.3 Å². The number of H-pyrrole nitrogens is 1. The van der Waals surface area contributed by atoms with Gasteiger partial charge in [-0.3, -0.25) is 9.21 Å². The highest BCUT2D eigenvalue weighted by Gasteiger charge is 2.27. The summed E-state index contributed by atoms with van der Waals surface area (Å²) in [6.07, 6.45) is 5.30. The molecule has 2 saturated heterocycles. The number of nitrogens with one attached hydrogen (secondary N) is 3. The average Bonchev–Trinajstić information content (AvgIpc) is 3.50. The molecule has 234 valence electrons. The fourth-order valence-electron chi connectivity index (χ4n) is 6.03. The van der Waals surface area contributed by atoms with Gasteiger partial charge in [0.15, 0.2) is 0 Å². The molecule has 0 bridgehead atoms. The van der Waals surface area contributed by atoms with Crippen LogP contribution in [0.3, 0.4) is 0 Å². The van der Waals surface area contributed by atoms with Gasteiger partial charge in [-0.05, 0) is 50.2 Å². The van der Waals surface area contributed by atoms with Crippen LogP contribution in [-0.2, 0) is 10.0 Å². The van der Waals surface area contributed by atoms with Crippen LogP contribution in [0.2, 0.25) is 0 Å². The number of benzene rings is 2. The van der Waals surface area contributed by atoms with Gasteiger partial charge in [0.25, 0.3) is 0 Å². The summed E-state index contributed by atoms with van der Waals surface area (Å²) in [5, 5.41) is 7.44. The van der Waals surface area contributed by atoms with Gasteiger partial charge in [0.05, 0.1) is 35.8 Å². The van der Waals surface area contributed by atoms with Gasteiger partial charge in [-0.25, -0.2) is 8.42 Å². The molecule has 2 aliphatic rings. The van der Waals surface area contributed by atoms with Gasteiger partial charge in [0.2, 0.25) is 16.0 Å². The van der Waals surface area contributed by atoms with E-state index in [4.69, 9.17) is 9.72 Å². The second-order valence-electron chi connectivity index (χ2n) is 11.6. The maximum Gasteiger partial charge on any atom is 0.232 e. The Labute approximate surface area is 259 Å². The summed E-state index contributed by atoms with van der Waals surface area (Å²) in [5.41, 5.74) is 3.64. The van der Waals surface area contributed by atoms with E-state index in [1.165, 1.54) is 17.6 Å². The molecule has 44 heavy (non-hydrogen) atoms. The molecule has 2 aromatic carbocycles. The van der Waals surface area contributed by atoms with Gasteiger partial charge < -0.3 is 30.2 Å². The lowest BCUT2D eigenvalue weighted by molar-refractivity contribution is 0.0982. The first-order chi connectivity index (χ1) is 21.2. The summed E-state index contributed by atoms with van der Waals surface area (Å²) in [6.45, 7) is 6.66. The van der Waals surface area contributed by atoms with Crippen LogP contribution in [-0.4, -0.2) is 106 Å². The van der Waals surface area contributed by atoms with Crippen LogP contribution in [0.1, 0.15) is 12.8 Å². The molecule has 6 rings (SSSR count). The van der Waals surface area contributed by atoms with E-state index in [0.717, 1.165) is 68.9 Å². The highest BCUT2D eigenvalue weighted by Crippen LogP contribution is 2.35. The van der Waals surface area contributed by atoms with Gasteiger partial charge >= 0.3 is 0 Å². The smallest absolute Gasteiger partial charge is 0.232 e. The average molecular weight is 620 g/mol. The molecule has 0 amide bonds. The highest BCUT2D eigenvalue weighted by molar-refractivity contribution is 7.92. The molecule has 12 nitrogen and oxygen atoms in total. The molecule has 4 aromatic rings. The van der Waals surface area contributed by atoms with Crippen molar-refractivity contribution in [3.8, 4) is 5.75 Å². The van der Waals surface area contributed by atoms with Crippen molar-refractivity contribution >= 4 is 55.6 Å². The largest absolute Gasteiger partial charge is 0.494 e. The Bertz CT molecular complexity index is 1710. The predicted octanol–water partition coefficient (Wildman–Crippen LogP) is 4.07. The van der Waals surface area contributed by atoms with Crippen molar-refractivity contribution in [2.45, 2.75) is 18.9 Å². The summed E-state index contributed by atoms with van der Waals surface area (Å²) < 4.78 is 31.6. The molecule has 0 atom stereocenters. The van der Waals surface area contributed by atoms with E-state index in [2.05, 4.69) is 54.5 Å². The lowest BCUT2D eigenvalue weighted by Gasteiger charge is -2.42. The number of likely N-dealkylation sites (N-methyl/N-ethyl adjacent to an activating group) is 1. The molecule has 13 heteroatoms. The number of aromatic amines is 1. The fourth-order valence-corrected chi connectivity index (χ4v) is 6.55. The molecule has 4 heterocycles. The number of methoxy groups -OCH3 is 1. The molecule has 0 saturated carbocycles. The number of piperazine rings is 1. The van der Waals surface area contributed by atoms with E-state index < -0.39 is 10.0 Å². The van der Waals surface area contributed by atoms with Crippen LogP contribution in [0, 0.1) is 0 Å². The van der Waals surface area contributed by atoms with Gasteiger partial charge in [-0.2, -0.15) is 9.97 Å². The Balaban J connectivity index is 1.20. The lowest BCUT2D eigenvalue weighted by Crippen LogP contribution is -2.52. The van der Waals surface area contributed by atoms with Crippen molar-refractivity contribution in [1.82, 2.24) is 24.8 Å². The number of hydrogen-bond donors (Lipinski definition) is 3. The number of anilines is 6. The summed E-state index contributed by atoms with van der Waals surface area (Å²) in [4.78, 5) is 20.1. The number of sulfonamides is 1. The van der Waals surface area contributed by atoms with Crippen molar-refractivity contribution in [2.24, 2.45) is 0 Å². The third-order valence-corrected chi connectivity index (χ3v) is 9.92. The number of aromatic nitrogens is 3. The minimum atomic E-state index is -3.46. The Hall–Kier alpha value is -4.07. The first-order valence-corrected chi connectivity index (χ1v) is 16.8. The van der Waals surface area contributed by atoms with Crippen molar-refractivity contribution in [3.05, 3.63) is 54.7 Å². The van der Waals surface area contributed by atoms with E-state index in [0.29, 0.717) is 40.6 Å². The van der Waals surface area contributed by atoms with E-state index in [-0.39, 0.29) is 0 Å². The Kier molecular flexibility index (Phi) is 8.52. The number of fused-ring (bicyclic) bond motifs is 1. The van der Waals surface area contributed by atoms with Crippen molar-refractivity contribution < 1.29 is 13.2 Å². The van der Waals surface area contributed by atoms with Gasteiger partial charge in [-0.15, -0.1) is 0 Å². The topological polar surface area (TPSA) is 122 Å². The molecule has 2 fully saturated rings.